The number of fused-ring (bicyclic) bond motifs is 1. The standard InChI is InChI=1S/C15H14BrN3O/c16-15-10(4-3-5-11(15)17)8-19-9-14(20)18-12-6-1-2-7-13(12)19/h1-7H,8-9,17H2,(H,18,20). The zero-order chi connectivity index (χ0) is 14.1. The van der Waals surface area contributed by atoms with Crippen molar-refractivity contribution in [2.75, 3.05) is 22.5 Å². The Kier molecular flexibility index (Phi) is 3.36. The summed E-state index contributed by atoms with van der Waals surface area (Å²) >= 11 is 3.51. The van der Waals surface area contributed by atoms with Gasteiger partial charge >= 0.3 is 0 Å². The van der Waals surface area contributed by atoms with Crippen LogP contribution in [0.2, 0.25) is 0 Å². The van der Waals surface area contributed by atoms with E-state index in [2.05, 4.69) is 21.2 Å². The highest BCUT2D eigenvalue weighted by molar-refractivity contribution is 9.10. The third kappa shape index (κ3) is 2.36. The molecule has 0 radical (unpaired) electrons. The fraction of sp³-hybridized carbons (Fsp3) is 0.133. The normalized spacial score (nSPS) is 13.8. The number of rotatable bonds is 2. The van der Waals surface area contributed by atoms with E-state index in [1.54, 1.807) is 0 Å². The van der Waals surface area contributed by atoms with Crippen LogP contribution in [0.4, 0.5) is 17.1 Å². The van der Waals surface area contributed by atoms with Gasteiger partial charge in [-0.1, -0.05) is 24.3 Å². The minimum absolute atomic E-state index is 0.00345. The number of anilines is 3. The van der Waals surface area contributed by atoms with Gasteiger partial charge in [-0.3, -0.25) is 4.79 Å². The first-order chi connectivity index (χ1) is 9.65. The molecule has 1 aliphatic rings. The van der Waals surface area contributed by atoms with E-state index in [1.807, 2.05) is 47.4 Å². The van der Waals surface area contributed by atoms with Gasteiger partial charge in [0.25, 0.3) is 0 Å². The number of nitrogens with zero attached hydrogens (tertiary/aromatic N) is 1. The maximum Gasteiger partial charge on any atom is 0.243 e. The monoisotopic (exact) mass is 331 g/mol. The average Bonchev–Trinajstić information content (AvgIpc) is 2.43. The number of hydrogen-bond acceptors (Lipinski definition) is 3. The van der Waals surface area contributed by atoms with Crippen molar-refractivity contribution >= 4 is 38.9 Å². The number of carbonyl (C=O) groups is 1. The van der Waals surface area contributed by atoms with Crippen LogP contribution in [0, 0.1) is 0 Å². The molecule has 2 aromatic carbocycles. The van der Waals surface area contributed by atoms with Crippen molar-refractivity contribution < 1.29 is 4.79 Å². The van der Waals surface area contributed by atoms with Crippen molar-refractivity contribution in [2.24, 2.45) is 0 Å². The Morgan fingerprint density at radius 3 is 2.85 bits per heavy atom. The molecule has 20 heavy (non-hydrogen) atoms. The fourth-order valence-corrected chi connectivity index (χ4v) is 2.76. The third-order valence-electron chi connectivity index (χ3n) is 3.32. The molecule has 3 rings (SSSR count). The summed E-state index contributed by atoms with van der Waals surface area (Å²) < 4.78 is 0.892. The zero-order valence-corrected chi connectivity index (χ0v) is 12.4. The van der Waals surface area contributed by atoms with Crippen LogP contribution in [0.3, 0.4) is 0 Å². The molecule has 0 bridgehead atoms. The van der Waals surface area contributed by atoms with Crippen LogP contribution >= 0.6 is 15.9 Å². The first-order valence-corrected chi connectivity index (χ1v) is 7.11. The lowest BCUT2D eigenvalue weighted by Gasteiger charge is -2.31. The molecule has 1 amide bonds. The van der Waals surface area contributed by atoms with Gasteiger partial charge in [-0.2, -0.15) is 0 Å². The van der Waals surface area contributed by atoms with Gasteiger partial charge < -0.3 is 16.0 Å². The predicted octanol–water partition coefficient (Wildman–Crippen LogP) is 2.99. The largest absolute Gasteiger partial charge is 0.398 e. The highest BCUT2D eigenvalue weighted by Crippen LogP contribution is 2.32. The molecular formula is C15H14BrN3O. The Labute approximate surface area is 125 Å². The first-order valence-electron chi connectivity index (χ1n) is 6.32. The Hall–Kier alpha value is -2.01. The van der Waals surface area contributed by atoms with E-state index >= 15 is 0 Å². The number of nitrogens with two attached hydrogens (primary N) is 1. The number of halogens is 1. The number of amides is 1. The fourth-order valence-electron chi connectivity index (χ4n) is 2.37. The summed E-state index contributed by atoms with van der Waals surface area (Å²) in [6.45, 7) is 0.980. The second-order valence-corrected chi connectivity index (χ2v) is 5.53. The molecule has 0 saturated carbocycles. The van der Waals surface area contributed by atoms with Gasteiger partial charge in [0.1, 0.15) is 0 Å². The predicted molar refractivity (Wildman–Crippen MR) is 84.7 cm³/mol. The SMILES string of the molecule is Nc1cccc(CN2CC(=O)Nc3ccccc32)c1Br. The van der Waals surface area contributed by atoms with Crippen LogP contribution in [-0.2, 0) is 11.3 Å². The molecule has 4 nitrogen and oxygen atoms in total. The van der Waals surface area contributed by atoms with Gasteiger partial charge in [0.15, 0.2) is 0 Å². The lowest BCUT2D eigenvalue weighted by atomic mass is 10.1. The molecule has 2 aromatic rings. The van der Waals surface area contributed by atoms with E-state index in [-0.39, 0.29) is 5.91 Å². The molecule has 1 aliphatic heterocycles. The summed E-state index contributed by atoms with van der Waals surface area (Å²) in [4.78, 5) is 13.8. The lowest BCUT2D eigenvalue weighted by molar-refractivity contribution is -0.115. The first kappa shape index (κ1) is 13.0. The van der Waals surface area contributed by atoms with Crippen LogP contribution in [0.25, 0.3) is 0 Å². The molecule has 1 heterocycles. The minimum Gasteiger partial charge on any atom is -0.398 e. The van der Waals surface area contributed by atoms with Crippen LogP contribution in [0.1, 0.15) is 5.56 Å². The third-order valence-corrected chi connectivity index (χ3v) is 4.29. The molecule has 0 aromatic heterocycles. The highest BCUT2D eigenvalue weighted by atomic mass is 79.9. The Bertz CT molecular complexity index is 672. The summed E-state index contributed by atoms with van der Waals surface area (Å²) in [5.74, 6) is 0.00345. The number of hydrogen-bond donors (Lipinski definition) is 2. The van der Waals surface area contributed by atoms with E-state index in [1.165, 1.54) is 0 Å². The van der Waals surface area contributed by atoms with Gasteiger partial charge in [0, 0.05) is 16.7 Å². The van der Waals surface area contributed by atoms with E-state index in [0.717, 1.165) is 21.4 Å². The number of nitrogens with one attached hydrogen (secondary N) is 1. The van der Waals surface area contributed by atoms with Crippen molar-refractivity contribution in [3.05, 3.63) is 52.5 Å². The van der Waals surface area contributed by atoms with Crippen molar-refractivity contribution in [3.8, 4) is 0 Å². The molecule has 102 valence electrons. The second-order valence-electron chi connectivity index (χ2n) is 4.74. The highest BCUT2D eigenvalue weighted by Gasteiger charge is 2.22. The molecule has 0 fully saturated rings. The van der Waals surface area contributed by atoms with Gasteiger partial charge in [0.05, 0.1) is 17.9 Å². The van der Waals surface area contributed by atoms with Crippen molar-refractivity contribution in [1.82, 2.24) is 0 Å². The van der Waals surface area contributed by atoms with E-state index in [4.69, 9.17) is 5.73 Å². The Morgan fingerprint density at radius 2 is 2.00 bits per heavy atom. The lowest BCUT2D eigenvalue weighted by Crippen LogP contribution is -2.37. The van der Waals surface area contributed by atoms with Crippen molar-refractivity contribution in [3.63, 3.8) is 0 Å². The summed E-state index contributed by atoms with van der Waals surface area (Å²) in [6, 6.07) is 13.6. The van der Waals surface area contributed by atoms with E-state index in [9.17, 15) is 4.79 Å². The van der Waals surface area contributed by atoms with Crippen LogP contribution in [0.15, 0.2) is 46.9 Å². The number of carbonyl (C=O) groups excluding carboxylic acids is 1. The van der Waals surface area contributed by atoms with Crippen LogP contribution < -0.4 is 16.0 Å². The Morgan fingerprint density at radius 1 is 1.20 bits per heavy atom. The van der Waals surface area contributed by atoms with Crippen molar-refractivity contribution in [2.45, 2.75) is 6.54 Å². The molecule has 0 unspecified atom stereocenters. The van der Waals surface area contributed by atoms with Crippen LogP contribution in [-0.4, -0.2) is 12.5 Å². The molecule has 0 atom stereocenters. The summed E-state index contributed by atoms with van der Waals surface area (Å²) in [6.07, 6.45) is 0. The zero-order valence-electron chi connectivity index (χ0n) is 10.8. The van der Waals surface area contributed by atoms with Gasteiger partial charge in [-0.25, -0.2) is 0 Å². The average molecular weight is 332 g/mol. The summed E-state index contributed by atoms with van der Waals surface area (Å²) in [5.41, 5.74) is 9.55. The van der Waals surface area contributed by atoms with E-state index in [0.29, 0.717) is 18.8 Å². The van der Waals surface area contributed by atoms with E-state index < -0.39 is 0 Å². The van der Waals surface area contributed by atoms with Gasteiger partial charge in [-0.05, 0) is 39.7 Å². The maximum atomic E-state index is 11.8. The maximum absolute atomic E-state index is 11.8. The van der Waals surface area contributed by atoms with Gasteiger partial charge in [0.2, 0.25) is 5.91 Å². The number of benzene rings is 2. The summed E-state index contributed by atoms with van der Waals surface area (Å²) in [7, 11) is 0. The molecule has 0 spiro atoms. The number of para-hydroxylation sites is 2. The quantitative estimate of drug-likeness (QED) is 0.831. The Balaban J connectivity index is 1.95. The smallest absolute Gasteiger partial charge is 0.243 e. The topological polar surface area (TPSA) is 58.4 Å². The molecule has 5 heteroatoms. The molecule has 3 N–H and O–H groups in total. The minimum atomic E-state index is 0.00345. The summed E-state index contributed by atoms with van der Waals surface area (Å²) in [5, 5.41) is 2.88. The van der Waals surface area contributed by atoms with Gasteiger partial charge in [-0.15, -0.1) is 0 Å². The molecular weight excluding hydrogens is 318 g/mol. The number of nitrogen functional groups attached to an aromatic ring is 1. The second kappa shape index (κ2) is 5.17. The van der Waals surface area contributed by atoms with Crippen LogP contribution in [0.5, 0.6) is 0 Å². The van der Waals surface area contributed by atoms with Crippen molar-refractivity contribution in [1.29, 1.82) is 0 Å². The molecule has 0 aliphatic carbocycles. The molecule has 0 saturated heterocycles.